The van der Waals surface area contributed by atoms with Gasteiger partial charge in [0.2, 0.25) is 0 Å². The maximum atomic E-state index is 11.3. The number of benzene rings is 1. The molecule has 2 aromatic rings. The molecule has 0 bridgehead atoms. The highest BCUT2D eigenvalue weighted by Gasteiger charge is 2.23. The van der Waals surface area contributed by atoms with Crippen LogP contribution in [0.2, 0.25) is 0 Å². The predicted octanol–water partition coefficient (Wildman–Crippen LogP) is 3.74. The summed E-state index contributed by atoms with van der Waals surface area (Å²) >= 11 is 0. The highest BCUT2D eigenvalue weighted by atomic mass is 16.5. The van der Waals surface area contributed by atoms with Gasteiger partial charge in [-0.15, -0.1) is 0 Å². The Morgan fingerprint density at radius 3 is 2.62 bits per heavy atom. The van der Waals surface area contributed by atoms with Crippen molar-refractivity contribution in [2.75, 3.05) is 6.61 Å². The van der Waals surface area contributed by atoms with Crippen LogP contribution < -0.4 is 4.74 Å². The van der Waals surface area contributed by atoms with Crippen LogP contribution in [0.15, 0.2) is 30.5 Å². The third-order valence-electron chi connectivity index (χ3n) is 4.05. The fourth-order valence-corrected chi connectivity index (χ4v) is 3.00. The van der Waals surface area contributed by atoms with Crippen LogP contribution >= 0.6 is 0 Å². The quantitative estimate of drug-likeness (QED) is 0.786. The first-order valence-corrected chi connectivity index (χ1v) is 7.59. The summed E-state index contributed by atoms with van der Waals surface area (Å²) in [5, 5.41) is 4.65. The molecule has 1 aliphatic carbocycles. The van der Waals surface area contributed by atoms with Crippen molar-refractivity contribution < 1.29 is 9.53 Å². The van der Waals surface area contributed by atoms with Gasteiger partial charge < -0.3 is 4.74 Å². The van der Waals surface area contributed by atoms with E-state index in [1.54, 1.807) is 4.68 Å². The van der Waals surface area contributed by atoms with Gasteiger partial charge in [-0.1, -0.05) is 12.8 Å². The lowest BCUT2D eigenvalue weighted by Crippen LogP contribution is -2.00. The number of hydrogen-bond acceptors (Lipinski definition) is 3. The van der Waals surface area contributed by atoms with Crippen LogP contribution in [0, 0.1) is 0 Å². The van der Waals surface area contributed by atoms with E-state index < -0.39 is 0 Å². The summed E-state index contributed by atoms with van der Waals surface area (Å²) in [6.07, 6.45) is 7.50. The summed E-state index contributed by atoms with van der Waals surface area (Å²) in [4.78, 5) is 11.3. The number of nitrogens with zero attached hydrogens (tertiary/aromatic N) is 2. The van der Waals surface area contributed by atoms with Crippen LogP contribution in [0.4, 0.5) is 0 Å². The Morgan fingerprint density at radius 2 is 2.00 bits per heavy atom. The zero-order valence-electron chi connectivity index (χ0n) is 12.3. The lowest BCUT2D eigenvalue weighted by Gasteiger charge is -2.06. The third-order valence-corrected chi connectivity index (χ3v) is 4.05. The molecule has 0 atom stereocenters. The van der Waals surface area contributed by atoms with E-state index in [1.807, 2.05) is 37.4 Å². The van der Waals surface area contributed by atoms with Crippen molar-refractivity contribution in [2.24, 2.45) is 0 Å². The summed E-state index contributed by atoms with van der Waals surface area (Å²) in [5.41, 5.74) is 2.62. The van der Waals surface area contributed by atoms with Crippen LogP contribution in [0.3, 0.4) is 0 Å². The van der Waals surface area contributed by atoms with E-state index in [0.29, 0.717) is 12.5 Å². The minimum atomic E-state index is 0.439. The molecule has 0 spiro atoms. The van der Waals surface area contributed by atoms with Gasteiger partial charge in [-0.25, -0.2) is 4.68 Å². The molecule has 0 amide bonds. The first kappa shape index (κ1) is 13.9. The topological polar surface area (TPSA) is 44.1 Å². The molecule has 1 aliphatic rings. The maximum Gasteiger partial charge on any atom is 0.153 e. The minimum absolute atomic E-state index is 0.439. The van der Waals surface area contributed by atoms with Gasteiger partial charge in [0.05, 0.1) is 23.6 Å². The van der Waals surface area contributed by atoms with Crippen molar-refractivity contribution in [3.8, 4) is 11.4 Å². The van der Waals surface area contributed by atoms with E-state index in [9.17, 15) is 4.79 Å². The lowest BCUT2D eigenvalue weighted by molar-refractivity contribution is 0.112. The summed E-state index contributed by atoms with van der Waals surface area (Å²) in [6.45, 7) is 2.62. The predicted molar refractivity (Wildman–Crippen MR) is 81.3 cm³/mol. The van der Waals surface area contributed by atoms with Crippen LogP contribution in [-0.2, 0) is 0 Å². The van der Waals surface area contributed by atoms with E-state index in [2.05, 4.69) is 5.10 Å². The summed E-state index contributed by atoms with van der Waals surface area (Å²) in [5.74, 6) is 1.29. The molecule has 1 saturated carbocycles. The number of carbonyl (C=O) groups is 1. The normalized spacial score (nSPS) is 15.3. The average Bonchev–Trinajstić information content (AvgIpc) is 3.17. The Hall–Kier alpha value is -2.10. The van der Waals surface area contributed by atoms with Crippen molar-refractivity contribution >= 4 is 6.29 Å². The standard InChI is InChI=1S/C17H20N2O2/c1-2-21-16-9-7-15(8-10-16)19-11-14(12-20)17(18-19)13-5-3-4-6-13/h7-13H,2-6H2,1H3. The Bertz CT molecular complexity index is 610. The van der Waals surface area contributed by atoms with Gasteiger partial charge >= 0.3 is 0 Å². The molecular weight excluding hydrogens is 264 g/mol. The zero-order valence-corrected chi connectivity index (χ0v) is 12.3. The van der Waals surface area contributed by atoms with Crippen LogP contribution in [0.1, 0.15) is 54.6 Å². The Labute approximate surface area is 124 Å². The molecule has 21 heavy (non-hydrogen) atoms. The molecular formula is C17H20N2O2. The molecule has 0 aliphatic heterocycles. The van der Waals surface area contributed by atoms with Crippen LogP contribution in [-0.4, -0.2) is 22.7 Å². The molecule has 1 fully saturated rings. The van der Waals surface area contributed by atoms with Gasteiger partial charge in [0.15, 0.2) is 6.29 Å². The Balaban J connectivity index is 1.89. The molecule has 1 aromatic heterocycles. The van der Waals surface area contributed by atoms with Gasteiger partial charge in [-0.3, -0.25) is 4.79 Å². The highest BCUT2D eigenvalue weighted by molar-refractivity contribution is 5.76. The fourth-order valence-electron chi connectivity index (χ4n) is 3.00. The largest absolute Gasteiger partial charge is 0.494 e. The molecule has 4 heteroatoms. The molecule has 0 N–H and O–H groups in total. The van der Waals surface area contributed by atoms with E-state index in [0.717, 1.165) is 41.8 Å². The monoisotopic (exact) mass is 284 g/mol. The molecule has 1 aromatic carbocycles. The van der Waals surface area contributed by atoms with Crippen molar-refractivity contribution in [3.63, 3.8) is 0 Å². The average molecular weight is 284 g/mol. The number of aromatic nitrogens is 2. The molecule has 0 radical (unpaired) electrons. The molecule has 0 saturated heterocycles. The van der Waals surface area contributed by atoms with Crippen LogP contribution in [0.5, 0.6) is 5.75 Å². The molecule has 110 valence electrons. The van der Waals surface area contributed by atoms with Gasteiger partial charge in [-0.2, -0.15) is 5.10 Å². The van der Waals surface area contributed by atoms with Gasteiger partial charge in [0, 0.05) is 12.1 Å². The number of aldehydes is 1. The zero-order chi connectivity index (χ0) is 14.7. The first-order valence-electron chi connectivity index (χ1n) is 7.59. The SMILES string of the molecule is CCOc1ccc(-n2cc(C=O)c(C3CCCC3)n2)cc1. The maximum absolute atomic E-state index is 11.3. The van der Waals surface area contributed by atoms with E-state index in [1.165, 1.54) is 12.8 Å². The van der Waals surface area contributed by atoms with Crippen molar-refractivity contribution in [1.29, 1.82) is 0 Å². The second-order valence-electron chi connectivity index (χ2n) is 5.44. The molecule has 0 unspecified atom stereocenters. The van der Waals surface area contributed by atoms with Gasteiger partial charge in [-0.05, 0) is 44.0 Å². The lowest BCUT2D eigenvalue weighted by atomic mass is 10.0. The summed E-state index contributed by atoms with van der Waals surface area (Å²) < 4.78 is 7.24. The summed E-state index contributed by atoms with van der Waals surface area (Å²) in [6, 6.07) is 7.78. The number of carbonyl (C=O) groups excluding carboxylic acids is 1. The fraction of sp³-hybridized carbons (Fsp3) is 0.412. The van der Waals surface area contributed by atoms with Gasteiger partial charge in [0.1, 0.15) is 5.75 Å². The minimum Gasteiger partial charge on any atom is -0.494 e. The van der Waals surface area contributed by atoms with Crippen molar-refractivity contribution in [2.45, 2.75) is 38.5 Å². The molecule has 1 heterocycles. The Kier molecular flexibility index (Phi) is 4.04. The van der Waals surface area contributed by atoms with Crippen molar-refractivity contribution in [3.05, 3.63) is 41.7 Å². The van der Waals surface area contributed by atoms with Crippen LogP contribution in [0.25, 0.3) is 5.69 Å². The van der Waals surface area contributed by atoms with Crippen molar-refractivity contribution in [1.82, 2.24) is 9.78 Å². The Morgan fingerprint density at radius 1 is 1.29 bits per heavy atom. The molecule has 4 nitrogen and oxygen atoms in total. The molecule has 3 rings (SSSR count). The third kappa shape index (κ3) is 2.84. The highest BCUT2D eigenvalue weighted by Crippen LogP contribution is 2.34. The number of hydrogen-bond donors (Lipinski definition) is 0. The second-order valence-corrected chi connectivity index (χ2v) is 5.44. The van der Waals surface area contributed by atoms with Gasteiger partial charge in [0.25, 0.3) is 0 Å². The summed E-state index contributed by atoms with van der Waals surface area (Å²) in [7, 11) is 0. The number of rotatable bonds is 5. The first-order chi connectivity index (χ1) is 10.3. The van der Waals surface area contributed by atoms with E-state index in [-0.39, 0.29) is 0 Å². The second kappa shape index (κ2) is 6.12. The number of ether oxygens (including phenoxy) is 1. The smallest absolute Gasteiger partial charge is 0.153 e. The van der Waals surface area contributed by atoms with E-state index in [4.69, 9.17) is 4.74 Å². The van der Waals surface area contributed by atoms with E-state index >= 15 is 0 Å².